The highest BCUT2D eigenvalue weighted by atomic mass is 35.5. The molecule has 22 heavy (non-hydrogen) atoms. The highest BCUT2D eigenvalue weighted by Crippen LogP contribution is 2.25. The predicted molar refractivity (Wildman–Crippen MR) is 92.4 cm³/mol. The maximum atomic E-state index is 11.8. The molecule has 7 heteroatoms. The average molecular weight is 368 g/mol. The summed E-state index contributed by atoms with van der Waals surface area (Å²) in [5.41, 5.74) is 0. The molecule has 0 saturated carbocycles. The minimum Gasteiger partial charge on any atom is -0.493 e. The highest BCUT2D eigenvalue weighted by molar-refractivity contribution is 6.34. The number of nitrogens with zero attached hydrogens (tertiary/aromatic N) is 1. The van der Waals surface area contributed by atoms with Crippen LogP contribution < -0.4 is 10.1 Å². The zero-order valence-corrected chi connectivity index (χ0v) is 14.8. The lowest BCUT2D eigenvalue weighted by atomic mass is 9.98. The van der Waals surface area contributed by atoms with Crippen LogP contribution in [-0.2, 0) is 4.79 Å². The molecule has 1 fully saturated rings. The molecule has 0 bridgehead atoms. The van der Waals surface area contributed by atoms with Crippen molar-refractivity contribution >= 4 is 41.5 Å². The first-order valence-electron chi connectivity index (χ1n) is 7.09. The van der Waals surface area contributed by atoms with Gasteiger partial charge in [-0.3, -0.25) is 4.79 Å². The number of carbonyl (C=O) groups excluding carboxylic acids is 1. The number of nitrogens with one attached hydrogen (secondary N) is 1. The van der Waals surface area contributed by atoms with E-state index in [1.807, 2.05) is 4.90 Å². The Balaban J connectivity index is 0.00000242. The Labute approximate surface area is 147 Å². The fraction of sp³-hybridized carbons (Fsp3) is 0.533. The number of piperidine rings is 1. The Morgan fingerprint density at radius 3 is 2.41 bits per heavy atom. The minimum atomic E-state index is 0. The van der Waals surface area contributed by atoms with Crippen LogP contribution in [0.25, 0.3) is 0 Å². The first-order chi connectivity index (χ1) is 10.1. The average Bonchev–Trinajstić information content (AvgIpc) is 2.45. The van der Waals surface area contributed by atoms with Crippen LogP contribution >= 0.6 is 35.6 Å². The molecule has 1 aromatic carbocycles. The second-order valence-electron chi connectivity index (χ2n) is 5.27. The number of rotatable bonds is 5. The number of benzene rings is 1. The summed E-state index contributed by atoms with van der Waals surface area (Å²) in [7, 11) is 1.79. The van der Waals surface area contributed by atoms with Gasteiger partial charge in [0.25, 0.3) is 0 Å². The number of carbonyl (C=O) groups is 1. The number of likely N-dealkylation sites (tertiary alicyclic amines) is 1. The molecule has 124 valence electrons. The van der Waals surface area contributed by atoms with Crippen molar-refractivity contribution < 1.29 is 9.53 Å². The van der Waals surface area contributed by atoms with Crippen molar-refractivity contribution in [3.63, 3.8) is 0 Å². The number of likely N-dealkylation sites (N-methyl/N-ethyl adjacent to an activating group) is 1. The molecule has 2 rings (SSSR count). The molecule has 0 unspecified atom stereocenters. The van der Waals surface area contributed by atoms with Crippen molar-refractivity contribution in [3.8, 4) is 5.75 Å². The van der Waals surface area contributed by atoms with Crippen LogP contribution in [0.2, 0.25) is 10.0 Å². The number of hydrogen-bond acceptors (Lipinski definition) is 3. The van der Waals surface area contributed by atoms with Crippen LogP contribution in [0.4, 0.5) is 0 Å². The maximum absolute atomic E-state index is 11.8. The molecule has 1 amide bonds. The lowest BCUT2D eigenvalue weighted by Gasteiger charge is -2.32. The van der Waals surface area contributed by atoms with E-state index >= 15 is 0 Å². The minimum absolute atomic E-state index is 0. The number of amides is 1. The summed E-state index contributed by atoms with van der Waals surface area (Å²) in [6, 6.07) is 5.21. The van der Waals surface area contributed by atoms with Gasteiger partial charge in [-0.1, -0.05) is 23.2 Å². The van der Waals surface area contributed by atoms with Gasteiger partial charge in [0.1, 0.15) is 5.75 Å². The molecule has 1 aliphatic rings. The van der Waals surface area contributed by atoms with Gasteiger partial charge in [0.15, 0.2) is 0 Å². The summed E-state index contributed by atoms with van der Waals surface area (Å²) in [5.74, 6) is 1.32. The van der Waals surface area contributed by atoms with Gasteiger partial charge in [0.05, 0.1) is 13.2 Å². The Kier molecular flexibility index (Phi) is 8.33. The highest BCUT2D eigenvalue weighted by Gasteiger charge is 2.22. The molecule has 0 spiro atoms. The molecule has 1 N–H and O–H groups in total. The first kappa shape index (κ1) is 19.4. The molecular formula is C15H21Cl3N2O2. The molecule has 0 aliphatic carbocycles. The second-order valence-corrected chi connectivity index (χ2v) is 6.14. The quantitative estimate of drug-likeness (QED) is 0.868. The lowest BCUT2D eigenvalue weighted by molar-refractivity contribution is -0.131. The number of hydrogen-bond donors (Lipinski definition) is 1. The monoisotopic (exact) mass is 366 g/mol. The fourth-order valence-electron chi connectivity index (χ4n) is 2.44. The molecule has 0 radical (unpaired) electrons. The van der Waals surface area contributed by atoms with E-state index in [1.54, 1.807) is 25.2 Å². The van der Waals surface area contributed by atoms with Crippen LogP contribution in [-0.4, -0.2) is 44.1 Å². The maximum Gasteiger partial charge on any atom is 0.236 e. The third-order valence-electron chi connectivity index (χ3n) is 3.62. The summed E-state index contributed by atoms with van der Waals surface area (Å²) >= 11 is 11.9. The van der Waals surface area contributed by atoms with E-state index in [2.05, 4.69) is 5.32 Å². The summed E-state index contributed by atoms with van der Waals surface area (Å²) in [5, 5.41) is 4.04. The van der Waals surface area contributed by atoms with E-state index < -0.39 is 0 Å². The number of halogens is 3. The van der Waals surface area contributed by atoms with Gasteiger partial charge < -0.3 is 15.0 Å². The Morgan fingerprint density at radius 1 is 1.27 bits per heavy atom. The first-order valence-corrected chi connectivity index (χ1v) is 7.85. The molecule has 1 aromatic rings. The summed E-state index contributed by atoms with van der Waals surface area (Å²) in [6.07, 6.45) is 1.92. The Morgan fingerprint density at radius 2 is 1.86 bits per heavy atom. The fourth-order valence-corrected chi connectivity index (χ4v) is 2.94. The smallest absolute Gasteiger partial charge is 0.236 e. The van der Waals surface area contributed by atoms with Gasteiger partial charge in [-0.15, -0.1) is 12.4 Å². The third-order valence-corrected chi connectivity index (χ3v) is 4.05. The van der Waals surface area contributed by atoms with E-state index in [4.69, 9.17) is 27.9 Å². The van der Waals surface area contributed by atoms with E-state index in [1.165, 1.54) is 0 Å². The molecule has 1 heterocycles. The van der Waals surface area contributed by atoms with Gasteiger partial charge in [0.2, 0.25) is 5.91 Å². The van der Waals surface area contributed by atoms with Crippen molar-refractivity contribution in [1.29, 1.82) is 0 Å². The van der Waals surface area contributed by atoms with Gasteiger partial charge >= 0.3 is 0 Å². The van der Waals surface area contributed by atoms with Crippen LogP contribution in [0.1, 0.15) is 12.8 Å². The SMILES string of the molecule is CNCC(=O)N1CCC(COc2cc(Cl)cc(Cl)c2)CC1.Cl. The van der Waals surface area contributed by atoms with Crippen molar-refractivity contribution in [3.05, 3.63) is 28.2 Å². The normalized spacial score (nSPS) is 15.3. The van der Waals surface area contributed by atoms with Crippen LogP contribution in [0, 0.1) is 5.92 Å². The van der Waals surface area contributed by atoms with Crippen molar-refractivity contribution in [2.24, 2.45) is 5.92 Å². The molecule has 1 saturated heterocycles. The van der Waals surface area contributed by atoms with Gasteiger partial charge in [-0.2, -0.15) is 0 Å². The van der Waals surface area contributed by atoms with Crippen molar-refractivity contribution in [2.75, 3.05) is 33.3 Å². The second kappa shape index (κ2) is 9.46. The third kappa shape index (κ3) is 5.84. The van der Waals surface area contributed by atoms with Crippen LogP contribution in [0.3, 0.4) is 0 Å². The molecule has 0 aromatic heterocycles. The van der Waals surface area contributed by atoms with Crippen molar-refractivity contribution in [1.82, 2.24) is 10.2 Å². The zero-order chi connectivity index (χ0) is 15.2. The summed E-state index contributed by atoms with van der Waals surface area (Å²) in [6.45, 7) is 2.63. The molecule has 0 atom stereocenters. The Hall–Kier alpha value is -0.680. The lowest BCUT2D eigenvalue weighted by Crippen LogP contribution is -2.43. The summed E-state index contributed by atoms with van der Waals surface area (Å²) < 4.78 is 5.77. The standard InChI is InChI=1S/C15H20Cl2N2O2.ClH/c1-18-9-15(20)19-4-2-11(3-5-19)10-21-14-7-12(16)6-13(17)8-14;/h6-8,11,18H,2-5,9-10H2,1H3;1H. The zero-order valence-electron chi connectivity index (χ0n) is 12.5. The van der Waals surface area contributed by atoms with Gasteiger partial charge in [-0.25, -0.2) is 0 Å². The number of ether oxygens (including phenoxy) is 1. The van der Waals surface area contributed by atoms with Gasteiger partial charge in [-0.05, 0) is 44.0 Å². The van der Waals surface area contributed by atoms with E-state index in [0.29, 0.717) is 34.9 Å². The van der Waals surface area contributed by atoms with Crippen LogP contribution in [0.15, 0.2) is 18.2 Å². The molecule has 4 nitrogen and oxygen atoms in total. The van der Waals surface area contributed by atoms with E-state index in [0.717, 1.165) is 25.9 Å². The molecular weight excluding hydrogens is 347 g/mol. The van der Waals surface area contributed by atoms with Crippen molar-refractivity contribution in [2.45, 2.75) is 12.8 Å². The van der Waals surface area contributed by atoms with Gasteiger partial charge in [0, 0.05) is 23.1 Å². The Bertz CT molecular complexity index is 471. The van der Waals surface area contributed by atoms with E-state index in [9.17, 15) is 4.79 Å². The van der Waals surface area contributed by atoms with E-state index in [-0.39, 0.29) is 18.3 Å². The topological polar surface area (TPSA) is 41.6 Å². The largest absolute Gasteiger partial charge is 0.493 e. The predicted octanol–water partition coefficient (Wildman–Crippen LogP) is 3.25. The summed E-state index contributed by atoms with van der Waals surface area (Å²) in [4.78, 5) is 13.7. The van der Waals surface area contributed by atoms with Crippen LogP contribution in [0.5, 0.6) is 5.75 Å². The molecule has 1 aliphatic heterocycles.